The van der Waals surface area contributed by atoms with Gasteiger partial charge >= 0.3 is 0 Å². The molecular weight excluding hydrogens is 288 g/mol. The monoisotopic (exact) mass is 309 g/mol. The molecule has 0 radical (unpaired) electrons. The van der Waals surface area contributed by atoms with Crippen LogP contribution in [0.3, 0.4) is 0 Å². The third-order valence-corrected chi connectivity index (χ3v) is 4.13. The fourth-order valence-electron chi connectivity index (χ4n) is 1.90. The molecule has 0 unspecified atom stereocenters. The van der Waals surface area contributed by atoms with Gasteiger partial charge in [0.05, 0.1) is 0 Å². The summed E-state index contributed by atoms with van der Waals surface area (Å²) in [5.74, 6) is 0. The lowest BCUT2D eigenvalue weighted by atomic mass is 10.2. The third-order valence-electron chi connectivity index (χ3n) is 3.02. The molecule has 3 aromatic rings. The van der Waals surface area contributed by atoms with E-state index in [-0.39, 0.29) is 6.61 Å². The van der Waals surface area contributed by atoms with E-state index in [0.29, 0.717) is 0 Å². The number of hydrogen-bond donors (Lipinski definition) is 1. The zero-order valence-electron chi connectivity index (χ0n) is 12.5. The van der Waals surface area contributed by atoms with Crippen LogP contribution >= 0.6 is 0 Å². The lowest BCUT2D eigenvalue weighted by Gasteiger charge is -1.97. The first-order valence-electron chi connectivity index (χ1n) is 7.35. The van der Waals surface area contributed by atoms with Crippen molar-refractivity contribution in [1.29, 1.82) is 0 Å². The Morgan fingerprint density at radius 3 is 1.55 bits per heavy atom. The average molecular weight is 309 g/mol. The van der Waals surface area contributed by atoms with Crippen molar-refractivity contribution < 1.29 is 5.11 Å². The van der Waals surface area contributed by atoms with Crippen molar-refractivity contribution in [3.63, 3.8) is 0 Å². The minimum Gasteiger partial charge on any atom is -0.396 e. The molecule has 0 saturated carbocycles. The molecule has 0 aliphatic rings. The van der Waals surface area contributed by atoms with Crippen molar-refractivity contribution >= 4 is 11.8 Å². The van der Waals surface area contributed by atoms with Crippen molar-refractivity contribution in [3.8, 4) is 0 Å². The first-order valence-corrected chi connectivity index (χ1v) is 8.24. The number of rotatable bonds is 4. The van der Waals surface area contributed by atoms with Gasteiger partial charge in [0.15, 0.2) is 9.79 Å². The summed E-state index contributed by atoms with van der Waals surface area (Å²) >= 11 is 1.23. The highest BCUT2D eigenvalue weighted by molar-refractivity contribution is 7.78. The van der Waals surface area contributed by atoms with Gasteiger partial charge < -0.3 is 5.11 Å². The van der Waals surface area contributed by atoms with Gasteiger partial charge in [-0.15, -0.1) is 0 Å². The molecular formula is C20H21OS+. The number of aliphatic hydroxyl groups excluding tert-OH is 1. The highest BCUT2D eigenvalue weighted by Crippen LogP contribution is 2.13. The summed E-state index contributed by atoms with van der Waals surface area (Å²) < 4.78 is 0. The highest BCUT2D eigenvalue weighted by Gasteiger charge is 2.05. The average Bonchev–Trinajstić information content (AvgIpc) is 2.60. The summed E-state index contributed by atoms with van der Waals surface area (Å²) in [5, 5.41) is 8.82. The number of thiol groups is 1. The minimum atomic E-state index is 0.218. The predicted molar refractivity (Wildman–Crippen MR) is 95.4 cm³/mol. The number of benzene rings is 3. The van der Waals surface area contributed by atoms with Crippen LogP contribution in [0.25, 0.3) is 0 Å². The van der Waals surface area contributed by atoms with Crippen LogP contribution in [0.1, 0.15) is 5.56 Å². The van der Waals surface area contributed by atoms with Crippen LogP contribution < -0.4 is 0 Å². The Balaban J connectivity index is 0.000000246. The quantitative estimate of drug-likeness (QED) is 0.567. The molecule has 0 aliphatic heterocycles. The molecule has 3 rings (SSSR count). The van der Waals surface area contributed by atoms with E-state index in [1.165, 1.54) is 27.1 Å². The zero-order valence-corrected chi connectivity index (χ0v) is 13.4. The first-order chi connectivity index (χ1) is 10.9. The normalized spacial score (nSPS) is 9.68. The number of hydrogen-bond acceptors (Lipinski definition) is 1. The Labute approximate surface area is 136 Å². The minimum absolute atomic E-state index is 0.218. The summed E-state index contributed by atoms with van der Waals surface area (Å²) in [6.45, 7) is 0.218. The molecule has 1 N–H and O–H groups in total. The zero-order chi connectivity index (χ0) is 15.5. The second-order valence-corrected chi connectivity index (χ2v) is 6.00. The van der Waals surface area contributed by atoms with Gasteiger partial charge in [0.2, 0.25) is 0 Å². The molecule has 3 aromatic carbocycles. The second kappa shape index (κ2) is 9.82. The molecule has 0 aliphatic carbocycles. The summed E-state index contributed by atoms with van der Waals surface area (Å²) in [7, 11) is 0. The SMILES string of the molecule is OCCc1ccc([SH+]c2ccccc2)cc1.c1ccccc1. The molecule has 0 bridgehead atoms. The van der Waals surface area contributed by atoms with Gasteiger partial charge in [0.25, 0.3) is 0 Å². The van der Waals surface area contributed by atoms with E-state index >= 15 is 0 Å². The maximum atomic E-state index is 8.82. The molecule has 0 heterocycles. The van der Waals surface area contributed by atoms with Crippen molar-refractivity contribution in [1.82, 2.24) is 0 Å². The molecule has 0 atom stereocenters. The molecule has 112 valence electrons. The fraction of sp³-hybridized carbons (Fsp3) is 0.100. The van der Waals surface area contributed by atoms with E-state index in [9.17, 15) is 0 Å². The van der Waals surface area contributed by atoms with Gasteiger partial charge in [-0.25, -0.2) is 0 Å². The van der Waals surface area contributed by atoms with Gasteiger partial charge in [0.1, 0.15) is 0 Å². The second-order valence-electron chi connectivity index (χ2n) is 4.74. The van der Waals surface area contributed by atoms with E-state index in [1.807, 2.05) is 42.5 Å². The van der Waals surface area contributed by atoms with Crippen molar-refractivity contribution in [2.45, 2.75) is 16.2 Å². The Bertz CT molecular complexity index is 594. The molecule has 22 heavy (non-hydrogen) atoms. The Hall–Kier alpha value is -2.03. The van der Waals surface area contributed by atoms with Gasteiger partial charge in [0, 0.05) is 18.4 Å². The Kier molecular flexibility index (Phi) is 7.30. The molecule has 0 amide bonds. The first kappa shape index (κ1) is 16.3. The summed E-state index contributed by atoms with van der Waals surface area (Å²) in [6, 6.07) is 30.8. The topological polar surface area (TPSA) is 20.2 Å². The fourth-order valence-corrected chi connectivity index (χ4v) is 2.82. The summed E-state index contributed by atoms with van der Waals surface area (Å²) in [4.78, 5) is 2.59. The lowest BCUT2D eigenvalue weighted by Crippen LogP contribution is -1.91. The molecule has 2 heteroatoms. The van der Waals surface area contributed by atoms with Crippen LogP contribution in [-0.4, -0.2) is 11.7 Å². The van der Waals surface area contributed by atoms with Gasteiger partial charge in [-0.3, -0.25) is 0 Å². The molecule has 0 fully saturated rings. The Morgan fingerprint density at radius 1 is 0.591 bits per heavy atom. The maximum absolute atomic E-state index is 8.82. The van der Waals surface area contributed by atoms with Crippen LogP contribution in [0.4, 0.5) is 0 Å². The standard InChI is InChI=1S/C14H14OS.C6H6/c15-11-10-12-6-8-14(9-7-12)16-13-4-2-1-3-5-13;1-2-4-6-5-3-1/h1-9,15H,10-11H2;1-6H/p+1. The molecule has 0 saturated heterocycles. The van der Waals surface area contributed by atoms with Crippen molar-refractivity contribution in [3.05, 3.63) is 96.6 Å². The van der Waals surface area contributed by atoms with E-state index in [4.69, 9.17) is 5.11 Å². The predicted octanol–water partition coefficient (Wildman–Crippen LogP) is 4.14. The van der Waals surface area contributed by atoms with Gasteiger partial charge in [-0.2, -0.15) is 0 Å². The smallest absolute Gasteiger partial charge is 0.158 e. The van der Waals surface area contributed by atoms with Crippen molar-refractivity contribution in [2.24, 2.45) is 0 Å². The van der Waals surface area contributed by atoms with E-state index in [2.05, 4.69) is 48.5 Å². The Morgan fingerprint density at radius 2 is 1.05 bits per heavy atom. The maximum Gasteiger partial charge on any atom is 0.158 e. The molecule has 1 nitrogen and oxygen atoms in total. The van der Waals surface area contributed by atoms with Crippen molar-refractivity contribution in [2.75, 3.05) is 6.61 Å². The largest absolute Gasteiger partial charge is 0.396 e. The third kappa shape index (κ3) is 6.17. The summed E-state index contributed by atoms with van der Waals surface area (Å²) in [5.41, 5.74) is 1.19. The van der Waals surface area contributed by atoms with Gasteiger partial charge in [-0.05, 0) is 36.2 Å². The van der Waals surface area contributed by atoms with E-state index in [1.54, 1.807) is 0 Å². The molecule has 0 spiro atoms. The van der Waals surface area contributed by atoms with Crippen LogP contribution in [0.5, 0.6) is 0 Å². The lowest BCUT2D eigenvalue weighted by molar-refractivity contribution is 0.299. The highest BCUT2D eigenvalue weighted by atomic mass is 32.2. The molecule has 0 aromatic heterocycles. The van der Waals surface area contributed by atoms with E-state index < -0.39 is 0 Å². The van der Waals surface area contributed by atoms with Crippen LogP contribution in [-0.2, 0) is 18.2 Å². The van der Waals surface area contributed by atoms with E-state index in [0.717, 1.165) is 6.42 Å². The van der Waals surface area contributed by atoms with Gasteiger partial charge in [-0.1, -0.05) is 66.7 Å². The number of aliphatic hydroxyl groups is 1. The van der Waals surface area contributed by atoms with Crippen LogP contribution in [0.15, 0.2) is 101 Å². The summed E-state index contributed by atoms with van der Waals surface area (Å²) in [6.07, 6.45) is 0.739. The van der Waals surface area contributed by atoms with Crippen LogP contribution in [0, 0.1) is 0 Å². The van der Waals surface area contributed by atoms with Crippen LogP contribution in [0.2, 0.25) is 0 Å².